The van der Waals surface area contributed by atoms with Gasteiger partial charge in [0.15, 0.2) is 0 Å². The first-order chi connectivity index (χ1) is 8.67. The molecule has 2 aromatic rings. The Morgan fingerprint density at radius 3 is 2.50 bits per heavy atom. The molecule has 98 valence electrons. The van der Waals surface area contributed by atoms with Crippen LogP contribution in [0.2, 0.25) is 0 Å². The van der Waals surface area contributed by atoms with Crippen LogP contribution in [0.4, 0.5) is 0 Å². The molecule has 18 heavy (non-hydrogen) atoms. The largest absolute Gasteiger partial charge is 0.461 e. The van der Waals surface area contributed by atoms with Crippen LogP contribution in [-0.4, -0.2) is 24.5 Å². The van der Waals surface area contributed by atoms with Crippen LogP contribution in [-0.2, 0) is 6.42 Å². The van der Waals surface area contributed by atoms with E-state index < -0.39 is 0 Å². The van der Waals surface area contributed by atoms with Gasteiger partial charge in [-0.3, -0.25) is 0 Å². The molecule has 0 saturated carbocycles. The molecule has 0 N–H and O–H groups in total. The van der Waals surface area contributed by atoms with Gasteiger partial charge in [-0.1, -0.05) is 32.0 Å². The molecular formula is C16H23NO. The highest BCUT2D eigenvalue weighted by Crippen LogP contribution is 2.27. The number of fused-ring (bicyclic) bond motifs is 1. The van der Waals surface area contributed by atoms with Gasteiger partial charge in [0.05, 0.1) is 0 Å². The summed E-state index contributed by atoms with van der Waals surface area (Å²) in [6.07, 6.45) is 1.06. The second kappa shape index (κ2) is 5.57. The fraction of sp³-hybridized carbons (Fsp3) is 0.500. The number of aryl methyl sites for hydroxylation is 2. The third kappa shape index (κ3) is 2.44. The normalized spacial score (nSPS) is 11.6. The number of hydrogen-bond acceptors (Lipinski definition) is 2. The van der Waals surface area contributed by atoms with Crippen LogP contribution < -0.4 is 0 Å². The van der Waals surface area contributed by atoms with Gasteiger partial charge in [0.2, 0.25) is 0 Å². The number of likely N-dealkylation sites (N-methyl/N-ethyl adjacent to an activating group) is 1. The summed E-state index contributed by atoms with van der Waals surface area (Å²) in [6.45, 7) is 11.9. The van der Waals surface area contributed by atoms with E-state index in [1.807, 2.05) is 6.92 Å². The number of furan rings is 1. The van der Waals surface area contributed by atoms with Gasteiger partial charge >= 0.3 is 0 Å². The van der Waals surface area contributed by atoms with E-state index in [1.165, 1.54) is 16.5 Å². The Hall–Kier alpha value is -1.28. The minimum absolute atomic E-state index is 1.04. The lowest BCUT2D eigenvalue weighted by Crippen LogP contribution is -2.25. The summed E-state index contributed by atoms with van der Waals surface area (Å²) in [6, 6.07) is 6.48. The lowest BCUT2D eigenvalue weighted by Gasteiger charge is -2.17. The van der Waals surface area contributed by atoms with Gasteiger partial charge in [0, 0.05) is 11.9 Å². The molecule has 0 atom stereocenters. The van der Waals surface area contributed by atoms with Gasteiger partial charge in [-0.15, -0.1) is 0 Å². The predicted molar refractivity (Wildman–Crippen MR) is 77.2 cm³/mol. The maximum atomic E-state index is 5.91. The summed E-state index contributed by atoms with van der Waals surface area (Å²) in [7, 11) is 0. The van der Waals surface area contributed by atoms with Crippen molar-refractivity contribution < 1.29 is 4.42 Å². The Bertz CT molecular complexity index is 523. The molecule has 2 heteroatoms. The van der Waals surface area contributed by atoms with Crippen LogP contribution in [0.5, 0.6) is 0 Å². The summed E-state index contributed by atoms with van der Waals surface area (Å²) in [5.41, 5.74) is 3.69. The number of rotatable bonds is 5. The first kappa shape index (κ1) is 13.2. The van der Waals surface area contributed by atoms with Gasteiger partial charge in [-0.2, -0.15) is 0 Å². The minimum atomic E-state index is 1.04. The van der Waals surface area contributed by atoms with Crippen molar-refractivity contribution in [1.82, 2.24) is 4.90 Å². The molecule has 0 aliphatic rings. The van der Waals surface area contributed by atoms with Crippen LogP contribution in [0.1, 0.15) is 30.7 Å². The fourth-order valence-electron chi connectivity index (χ4n) is 2.44. The highest BCUT2D eigenvalue weighted by atomic mass is 16.3. The van der Waals surface area contributed by atoms with Gasteiger partial charge in [0.25, 0.3) is 0 Å². The average molecular weight is 245 g/mol. The topological polar surface area (TPSA) is 16.4 Å². The van der Waals surface area contributed by atoms with Gasteiger partial charge in [0.1, 0.15) is 11.3 Å². The molecule has 0 unspecified atom stereocenters. The third-order valence-corrected chi connectivity index (χ3v) is 3.88. The van der Waals surface area contributed by atoms with E-state index in [0.29, 0.717) is 0 Å². The molecule has 0 aliphatic heterocycles. The zero-order chi connectivity index (χ0) is 13.1. The Kier molecular flexibility index (Phi) is 4.07. The van der Waals surface area contributed by atoms with Gasteiger partial charge in [-0.05, 0) is 44.5 Å². The maximum absolute atomic E-state index is 5.91. The van der Waals surface area contributed by atoms with Crippen molar-refractivity contribution in [3.8, 4) is 0 Å². The molecular weight excluding hydrogens is 222 g/mol. The van der Waals surface area contributed by atoms with Gasteiger partial charge < -0.3 is 9.32 Å². The van der Waals surface area contributed by atoms with Gasteiger partial charge in [-0.25, -0.2) is 0 Å². The van der Waals surface area contributed by atoms with Crippen molar-refractivity contribution in [2.45, 2.75) is 34.1 Å². The molecule has 1 heterocycles. The number of para-hydroxylation sites is 1. The first-order valence-electron chi connectivity index (χ1n) is 6.87. The van der Waals surface area contributed by atoms with Crippen LogP contribution in [0.3, 0.4) is 0 Å². The summed E-state index contributed by atoms with van der Waals surface area (Å²) >= 11 is 0. The summed E-state index contributed by atoms with van der Waals surface area (Å²) in [5.74, 6) is 1.04. The molecule has 2 nitrogen and oxygen atoms in total. The van der Waals surface area contributed by atoms with E-state index in [1.54, 1.807) is 0 Å². The van der Waals surface area contributed by atoms with E-state index in [2.05, 4.69) is 43.9 Å². The highest BCUT2D eigenvalue weighted by Gasteiger charge is 2.11. The second-order valence-corrected chi connectivity index (χ2v) is 4.85. The molecule has 0 amide bonds. The average Bonchev–Trinajstić information content (AvgIpc) is 2.68. The monoisotopic (exact) mass is 245 g/mol. The zero-order valence-electron chi connectivity index (χ0n) is 11.9. The number of nitrogens with zero attached hydrogens (tertiary/aromatic N) is 1. The quantitative estimate of drug-likeness (QED) is 0.793. The standard InChI is InChI=1S/C16H23NO/c1-5-17(6-2)11-10-14-8-7-9-15-12(3)13(4)18-16(14)15/h7-9H,5-6,10-11H2,1-4H3. The molecule has 0 spiro atoms. The van der Waals surface area contributed by atoms with E-state index in [9.17, 15) is 0 Å². The Labute approximate surface area is 110 Å². The Balaban J connectivity index is 2.26. The third-order valence-electron chi connectivity index (χ3n) is 3.88. The summed E-state index contributed by atoms with van der Waals surface area (Å²) in [5, 5.41) is 1.27. The Morgan fingerprint density at radius 2 is 1.83 bits per heavy atom. The van der Waals surface area contributed by atoms with Crippen molar-refractivity contribution in [3.05, 3.63) is 35.1 Å². The summed E-state index contributed by atoms with van der Waals surface area (Å²) < 4.78 is 5.91. The van der Waals surface area contributed by atoms with Crippen molar-refractivity contribution in [2.75, 3.05) is 19.6 Å². The fourth-order valence-corrected chi connectivity index (χ4v) is 2.44. The van der Waals surface area contributed by atoms with Crippen LogP contribution in [0.25, 0.3) is 11.0 Å². The maximum Gasteiger partial charge on any atom is 0.137 e. The van der Waals surface area contributed by atoms with E-state index in [-0.39, 0.29) is 0 Å². The number of hydrogen-bond donors (Lipinski definition) is 0. The SMILES string of the molecule is CCN(CC)CCc1cccc2c(C)c(C)oc12. The van der Waals surface area contributed by atoms with Crippen molar-refractivity contribution in [2.24, 2.45) is 0 Å². The number of benzene rings is 1. The smallest absolute Gasteiger partial charge is 0.137 e. The second-order valence-electron chi connectivity index (χ2n) is 4.85. The molecule has 2 rings (SSSR count). The van der Waals surface area contributed by atoms with Crippen molar-refractivity contribution in [1.29, 1.82) is 0 Å². The Morgan fingerprint density at radius 1 is 1.11 bits per heavy atom. The molecule has 0 radical (unpaired) electrons. The zero-order valence-corrected chi connectivity index (χ0v) is 11.9. The molecule has 0 aliphatic carbocycles. The van der Waals surface area contributed by atoms with Crippen LogP contribution in [0, 0.1) is 13.8 Å². The lowest BCUT2D eigenvalue weighted by molar-refractivity contribution is 0.308. The van der Waals surface area contributed by atoms with E-state index in [0.717, 1.165) is 37.4 Å². The summed E-state index contributed by atoms with van der Waals surface area (Å²) in [4.78, 5) is 2.45. The van der Waals surface area contributed by atoms with Crippen LogP contribution in [0.15, 0.2) is 22.6 Å². The molecule has 0 bridgehead atoms. The minimum Gasteiger partial charge on any atom is -0.461 e. The van der Waals surface area contributed by atoms with E-state index >= 15 is 0 Å². The van der Waals surface area contributed by atoms with Crippen molar-refractivity contribution in [3.63, 3.8) is 0 Å². The van der Waals surface area contributed by atoms with Crippen LogP contribution >= 0.6 is 0 Å². The molecule has 1 aromatic carbocycles. The first-order valence-corrected chi connectivity index (χ1v) is 6.87. The molecule has 1 aromatic heterocycles. The van der Waals surface area contributed by atoms with Crippen molar-refractivity contribution >= 4 is 11.0 Å². The predicted octanol–water partition coefficient (Wildman–Crippen LogP) is 3.93. The molecule has 0 saturated heterocycles. The molecule has 0 fully saturated rings. The lowest BCUT2D eigenvalue weighted by atomic mass is 10.1. The highest BCUT2D eigenvalue weighted by molar-refractivity contribution is 5.84. The van der Waals surface area contributed by atoms with E-state index in [4.69, 9.17) is 4.42 Å².